The maximum atomic E-state index is 13.5. The van der Waals surface area contributed by atoms with E-state index in [0.29, 0.717) is 11.3 Å². The van der Waals surface area contributed by atoms with Gasteiger partial charge in [0.2, 0.25) is 0 Å². The molecule has 0 aliphatic carbocycles. The Kier molecular flexibility index (Phi) is 7.64. The van der Waals surface area contributed by atoms with Gasteiger partial charge in [-0.05, 0) is 67.8 Å². The minimum absolute atomic E-state index is 0.0178. The lowest BCUT2D eigenvalue weighted by Crippen LogP contribution is -2.40. The van der Waals surface area contributed by atoms with Crippen LogP contribution in [0.25, 0.3) is 0 Å². The molecule has 0 heterocycles. The van der Waals surface area contributed by atoms with Crippen molar-refractivity contribution in [2.75, 3.05) is 10.8 Å². The third kappa shape index (κ3) is 6.48. The summed E-state index contributed by atoms with van der Waals surface area (Å²) in [6, 6.07) is 15.9. The van der Waals surface area contributed by atoms with Crippen molar-refractivity contribution in [1.82, 2.24) is 5.43 Å². The number of anilines is 1. The second kappa shape index (κ2) is 10.3. The van der Waals surface area contributed by atoms with E-state index in [-0.39, 0.29) is 10.5 Å². The lowest BCUT2D eigenvalue weighted by atomic mass is 10.1. The monoisotopic (exact) mass is 503 g/mol. The molecule has 35 heavy (non-hydrogen) atoms. The molecule has 0 aromatic heterocycles. The van der Waals surface area contributed by atoms with Crippen molar-refractivity contribution in [1.29, 1.82) is 0 Å². The van der Waals surface area contributed by atoms with E-state index in [1.807, 2.05) is 13.0 Å². The van der Waals surface area contributed by atoms with Gasteiger partial charge in [0, 0.05) is 0 Å². The number of amides is 1. The number of hydrogen-bond donors (Lipinski definition) is 1. The van der Waals surface area contributed by atoms with Gasteiger partial charge < -0.3 is 0 Å². The molecule has 0 bridgehead atoms. The third-order valence-electron chi connectivity index (χ3n) is 5.15. The van der Waals surface area contributed by atoms with Crippen LogP contribution in [0.2, 0.25) is 0 Å². The van der Waals surface area contributed by atoms with Gasteiger partial charge in [0.15, 0.2) is 0 Å². The largest absolute Gasteiger partial charge is 0.416 e. The van der Waals surface area contributed by atoms with E-state index in [9.17, 15) is 26.4 Å². The molecule has 0 spiro atoms. The van der Waals surface area contributed by atoms with Crippen molar-refractivity contribution in [3.63, 3.8) is 0 Å². The minimum atomic E-state index is -4.51. The first kappa shape index (κ1) is 26.0. The molecule has 3 aromatic rings. The molecule has 0 atom stereocenters. The number of aryl methyl sites for hydroxylation is 3. The summed E-state index contributed by atoms with van der Waals surface area (Å²) in [5.74, 6) is -0.759. The summed E-state index contributed by atoms with van der Waals surface area (Å²) < 4.78 is 66.6. The Morgan fingerprint density at radius 3 is 2.29 bits per heavy atom. The van der Waals surface area contributed by atoms with Gasteiger partial charge in [-0.3, -0.25) is 9.10 Å². The highest BCUT2D eigenvalue weighted by Gasteiger charge is 2.30. The molecule has 0 unspecified atom stereocenters. The highest BCUT2D eigenvalue weighted by molar-refractivity contribution is 7.92. The Hall–Kier alpha value is -3.66. The Labute approximate surface area is 202 Å². The van der Waals surface area contributed by atoms with Crippen molar-refractivity contribution < 1.29 is 26.4 Å². The molecule has 3 rings (SSSR count). The zero-order valence-electron chi connectivity index (χ0n) is 19.3. The molecule has 1 N–H and O–H groups in total. The van der Waals surface area contributed by atoms with Crippen LogP contribution < -0.4 is 9.73 Å². The number of hydrazone groups is 1. The lowest BCUT2D eigenvalue weighted by molar-refractivity contribution is -0.137. The SMILES string of the molecule is Cc1ccc(S(=O)(=O)N(CC(=O)N/N=C\c2cccc(C(F)(F)F)c2)c2cc(C)ccc2C)cc1. The van der Waals surface area contributed by atoms with Crippen molar-refractivity contribution >= 4 is 27.8 Å². The molecule has 184 valence electrons. The molecule has 0 aliphatic rings. The molecule has 10 heteroatoms. The number of rotatable bonds is 7. The topological polar surface area (TPSA) is 78.8 Å². The van der Waals surface area contributed by atoms with Crippen LogP contribution in [0.15, 0.2) is 76.7 Å². The van der Waals surface area contributed by atoms with E-state index in [1.54, 1.807) is 38.1 Å². The molecule has 6 nitrogen and oxygen atoms in total. The summed E-state index contributed by atoms with van der Waals surface area (Å²) in [6.45, 7) is 4.78. The average Bonchev–Trinajstić information content (AvgIpc) is 2.79. The van der Waals surface area contributed by atoms with E-state index in [2.05, 4.69) is 10.5 Å². The summed E-state index contributed by atoms with van der Waals surface area (Å²) >= 11 is 0. The number of halogens is 3. The van der Waals surface area contributed by atoms with Crippen LogP contribution in [0.5, 0.6) is 0 Å². The minimum Gasteiger partial charge on any atom is -0.271 e. The Morgan fingerprint density at radius 2 is 1.63 bits per heavy atom. The number of carbonyl (C=O) groups is 1. The van der Waals surface area contributed by atoms with Gasteiger partial charge in [-0.25, -0.2) is 13.8 Å². The first-order valence-electron chi connectivity index (χ1n) is 10.5. The highest BCUT2D eigenvalue weighted by atomic mass is 32.2. The molecular weight excluding hydrogens is 479 g/mol. The van der Waals surface area contributed by atoms with Gasteiger partial charge in [0.1, 0.15) is 6.54 Å². The van der Waals surface area contributed by atoms with Crippen LogP contribution in [-0.2, 0) is 21.0 Å². The van der Waals surface area contributed by atoms with Crippen LogP contribution in [-0.4, -0.2) is 27.1 Å². The third-order valence-corrected chi connectivity index (χ3v) is 6.92. The maximum Gasteiger partial charge on any atom is 0.416 e. The Bertz CT molecular complexity index is 1350. The van der Waals surface area contributed by atoms with Crippen molar-refractivity contribution in [3.05, 3.63) is 94.5 Å². The molecule has 0 radical (unpaired) electrons. The number of nitrogens with one attached hydrogen (secondary N) is 1. The lowest BCUT2D eigenvalue weighted by Gasteiger charge is -2.25. The molecule has 0 aliphatic heterocycles. The number of benzene rings is 3. The predicted octanol–water partition coefficient (Wildman–Crippen LogP) is 4.98. The molecule has 0 saturated carbocycles. The standard InChI is InChI=1S/C25H24F3N3O3S/c1-17-8-11-22(12-9-17)35(33,34)31(23-13-18(2)7-10-19(23)3)16-24(32)30-29-15-20-5-4-6-21(14-20)25(26,27)28/h4-15H,16H2,1-3H3,(H,30,32)/b29-15-. The van der Waals surface area contributed by atoms with Gasteiger partial charge in [-0.2, -0.15) is 18.3 Å². The van der Waals surface area contributed by atoms with Crippen molar-refractivity contribution in [3.8, 4) is 0 Å². The number of hydrogen-bond acceptors (Lipinski definition) is 4. The average molecular weight is 504 g/mol. The quantitative estimate of drug-likeness (QED) is 0.365. The van der Waals surface area contributed by atoms with Crippen LogP contribution in [0.4, 0.5) is 18.9 Å². The Balaban J connectivity index is 1.87. The van der Waals surface area contributed by atoms with Gasteiger partial charge in [0.25, 0.3) is 15.9 Å². The fraction of sp³-hybridized carbons (Fsp3) is 0.200. The van der Waals surface area contributed by atoms with E-state index >= 15 is 0 Å². The summed E-state index contributed by atoms with van der Waals surface area (Å²) in [7, 11) is -4.11. The fourth-order valence-electron chi connectivity index (χ4n) is 3.27. The summed E-state index contributed by atoms with van der Waals surface area (Å²) in [5.41, 5.74) is 4.14. The van der Waals surface area contributed by atoms with Gasteiger partial charge in [-0.15, -0.1) is 0 Å². The van der Waals surface area contributed by atoms with Crippen LogP contribution in [0.3, 0.4) is 0 Å². The van der Waals surface area contributed by atoms with Crippen molar-refractivity contribution in [2.45, 2.75) is 31.8 Å². The van der Waals surface area contributed by atoms with E-state index in [0.717, 1.165) is 33.8 Å². The number of sulfonamides is 1. The normalized spacial score (nSPS) is 12.1. The van der Waals surface area contributed by atoms with Crippen LogP contribution in [0, 0.1) is 20.8 Å². The highest BCUT2D eigenvalue weighted by Crippen LogP contribution is 2.29. The molecule has 3 aromatic carbocycles. The van der Waals surface area contributed by atoms with Crippen molar-refractivity contribution in [2.24, 2.45) is 5.10 Å². The number of nitrogens with zero attached hydrogens (tertiary/aromatic N) is 2. The summed E-state index contributed by atoms with van der Waals surface area (Å²) in [4.78, 5) is 12.7. The zero-order valence-corrected chi connectivity index (χ0v) is 20.1. The molecule has 1 amide bonds. The van der Waals surface area contributed by atoms with E-state index in [1.165, 1.54) is 24.3 Å². The maximum absolute atomic E-state index is 13.5. The first-order valence-corrected chi connectivity index (χ1v) is 12.0. The summed E-state index contributed by atoms with van der Waals surface area (Å²) in [5, 5.41) is 3.70. The van der Waals surface area contributed by atoms with E-state index in [4.69, 9.17) is 0 Å². The van der Waals surface area contributed by atoms with E-state index < -0.39 is 34.2 Å². The van der Waals surface area contributed by atoms with Gasteiger partial charge >= 0.3 is 6.18 Å². The number of alkyl halides is 3. The predicted molar refractivity (Wildman–Crippen MR) is 129 cm³/mol. The second-order valence-corrected chi connectivity index (χ2v) is 9.89. The molecular formula is C25H24F3N3O3S. The first-order chi connectivity index (χ1) is 16.4. The zero-order chi connectivity index (χ0) is 25.8. The van der Waals surface area contributed by atoms with Gasteiger partial charge in [0.05, 0.1) is 22.4 Å². The summed E-state index contributed by atoms with van der Waals surface area (Å²) in [6.07, 6.45) is -3.45. The van der Waals surface area contributed by atoms with Crippen LogP contribution >= 0.6 is 0 Å². The fourth-order valence-corrected chi connectivity index (χ4v) is 4.74. The Morgan fingerprint density at radius 1 is 0.971 bits per heavy atom. The second-order valence-electron chi connectivity index (χ2n) is 8.03. The van der Waals surface area contributed by atoms with Gasteiger partial charge in [-0.1, -0.05) is 42.0 Å². The number of carbonyl (C=O) groups excluding carboxylic acids is 1. The molecule has 0 saturated heterocycles. The van der Waals surface area contributed by atoms with Crippen LogP contribution in [0.1, 0.15) is 27.8 Å². The smallest absolute Gasteiger partial charge is 0.271 e. The molecule has 0 fully saturated rings.